The van der Waals surface area contributed by atoms with Gasteiger partial charge < -0.3 is 14.7 Å². The van der Waals surface area contributed by atoms with Crippen molar-refractivity contribution in [3.8, 4) is 16.9 Å². The zero-order chi connectivity index (χ0) is 31.1. The summed E-state index contributed by atoms with van der Waals surface area (Å²) in [7, 11) is 0. The molecule has 0 bridgehead atoms. The van der Waals surface area contributed by atoms with Crippen molar-refractivity contribution >= 4 is 22.8 Å². The van der Waals surface area contributed by atoms with Gasteiger partial charge in [0.15, 0.2) is 11.4 Å². The number of ether oxygens (including phenoxy) is 1. The highest BCUT2D eigenvalue weighted by molar-refractivity contribution is 5.96. The first-order valence-electron chi connectivity index (χ1n) is 15.0. The zero-order valence-electron chi connectivity index (χ0n) is 25.7. The standard InChI is InChI=1S/C40H39NO3/c1-5-39(42)40(4,43)28-44-38-26-14-32(15-27-38)11-10-31-12-22-36(23-13-31)41(35-20-8-30(3)9-21-35)37-24-18-34(19-25-37)33-16-6-29(2)7-17-33/h5-9,12-27,43H,1,10-11,28H2,2-4H3. The molecule has 0 aliphatic heterocycles. The number of carbonyl (C=O) groups is 1. The molecule has 1 atom stereocenters. The molecule has 0 aliphatic rings. The van der Waals surface area contributed by atoms with Crippen molar-refractivity contribution in [3.63, 3.8) is 0 Å². The maximum atomic E-state index is 11.8. The van der Waals surface area contributed by atoms with Gasteiger partial charge in [-0.15, -0.1) is 0 Å². The first-order valence-corrected chi connectivity index (χ1v) is 15.0. The minimum Gasteiger partial charge on any atom is -0.490 e. The SMILES string of the molecule is C=CC(=O)C(C)(O)COc1ccc(CCc2ccc(N(c3ccc(C)cc3)c3ccc(-c4ccc(C)cc4)cc3)cc2)cc1. The Morgan fingerprint density at radius 1 is 0.682 bits per heavy atom. The fraction of sp³-hybridized carbons (Fsp3) is 0.175. The number of hydrogen-bond acceptors (Lipinski definition) is 4. The molecule has 0 amide bonds. The van der Waals surface area contributed by atoms with E-state index in [2.05, 4.69) is 122 Å². The smallest absolute Gasteiger partial charge is 0.189 e. The van der Waals surface area contributed by atoms with Crippen LogP contribution in [0.5, 0.6) is 5.75 Å². The van der Waals surface area contributed by atoms with Crippen molar-refractivity contribution < 1.29 is 14.6 Å². The Labute approximate surface area is 260 Å². The Hall–Kier alpha value is -4.93. The molecule has 0 aromatic heterocycles. The van der Waals surface area contributed by atoms with Crippen LogP contribution in [0.4, 0.5) is 17.1 Å². The lowest BCUT2D eigenvalue weighted by Crippen LogP contribution is -2.40. The second-order valence-electron chi connectivity index (χ2n) is 11.5. The van der Waals surface area contributed by atoms with E-state index >= 15 is 0 Å². The Kier molecular flexibility index (Phi) is 9.42. The number of rotatable bonds is 12. The lowest BCUT2D eigenvalue weighted by molar-refractivity contribution is -0.133. The van der Waals surface area contributed by atoms with Gasteiger partial charge in [0.05, 0.1) is 0 Å². The van der Waals surface area contributed by atoms with Crippen LogP contribution in [0.2, 0.25) is 0 Å². The van der Waals surface area contributed by atoms with Crippen LogP contribution in [0.3, 0.4) is 0 Å². The molecule has 5 aromatic rings. The summed E-state index contributed by atoms with van der Waals surface area (Å²) in [6.45, 7) is 8.95. The fourth-order valence-corrected chi connectivity index (χ4v) is 5.06. The van der Waals surface area contributed by atoms with Crippen molar-refractivity contribution in [2.75, 3.05) is 11.5 Å². The summed E-state index contributed by atoms with van der Waals surface area (Å²) in [6, 6.07) is 42.6. The predicted molar refractivity (Wildman–Crippen MR) is 181 cm³/mol. The third-order valence-corrected chi connectivity index (χ3v) is 7.86. The lowest BCUT2D eigenvalue weighted by atomic mass is 10.0. The molecule has 0 saturated carbocycles. The monoisotopic (exact) mass is 581 g/mol. The first kappa shape index (κ1) is 30.5. The lowest BCUT2D eigenvalue weighted by Gasteiger charge is -2.26. The molecule has 4 heteroatoms. The molecule has 5 aromatic carbocycles. The van der Waals surface area contributed by atoms with Gasteiger partial charge >= 0.3 is 0 Å². The number of carbonyl (C=O) groups excluding carboxylic acids is 1. The number of ketones is 1. The van der Waals surface area contributed by atoms with Crippen LogP contribution in [-0.4, -0.2) is 23.1 Å². The molecule has 0 fully saturated rings. The molecule has 5 rings (SSSR count). The van der Waals surface area contributed by atoms with Gasteiger partial charge in [-0.25, -0.2) is 0 Å². The van der Waals surface area contributed by atoms with Gasteiger partial charge in [-0.2, -0.15) is 0 Å². The number of hydrogen-bond donors (Lipinski definition) is 1. The van der Waals surface area contributed by atoms with Gasteiger partial charge in [0.2, 0.25) is 0 Å². The summed E-state index contributed by atoms with van der Waals surface area (Å²) in [4.78, 5) is 14.1. The van der Waals surface area contributed by atoms with E-state index in [1.807, 2.05) is 24.3 Å². The summed E-state index contributed by atoms with van der Waals surface area (Å²) in [5, 5.41) is 10.2. The molecule has 0 radical (unpaired) electrons. The maximum absolute atomic E-state index is 11.8. The number of nitrogens with zero attached hydrogens (tertiary/aromatic N) is 1. The predicted octanol–water partition coefficient (Wildman–Crippen LogP) is 9.11. The molecule has 0 heterocycles. The Bertz CT molecular complexity index is 1680. The van der Waals surface area contributed by atoms with Gasteiger partial charge in [0.25, 0.3) is 0 Å². The van der Waals surface area contributed by atoms with Gasteiger partial charge in [-0.1, -0.05) is 90.5 Å². The number of aryl methyl sites for hydroxylation is 4. The van der Waals surface area contributed by atoms with E-state index < -0.39 is 11.4 Å². The number of aliphatic hydroxyl groups is 1. The molecule has 222 valence electrons. The number of benzene rings is 5. The average molecular weight is 582 g/mol. The van der Waals surface area contributed by atoms with Crippen LogP contribution in [0, 0.1) is 13.8 Å². The van der Waals surface area contributed by atoms with E-state index in [9.17, 15) is 9.90 Å². The van der Waals surface area contributed by atoms with E-state index in [1.165, 1.54) is 40.3 Å². The van der Waals surface area contributed by atoms with Crippen molar-refractivity contribution in [1.29, 1.82) is 0 Å². The summed E-state index contributed by atoms with van der Waals surface area (Å²) in [5.41, 5.74) is 9.07. The normalized spacial score (nSPS) is 12.3. The summed E-state index contributed by atoms with van der Waals surface area (Å²) in [5.74, 6) is 0.150. The molecule has 4 nitrogen and oxygen atoms in total. The number of anilines is 3. The van der Waals surface area contributed by atoms with Crippen molar-refractivity contribution in [2.24, 2.45) is 0 Å². The molecule has 44 heavy (non-hydrogen) atoms. The van der Waals surface area contributed by atoms with Crippen LogP contribution in [-0.2, 0) is 17.6 Å². The van der Waals surface area contributed by atoms with Gasteiger partial charge in [-0.3, -0.25) is 4.79 Å². The molecular weight excluding hydrogens is 542 g/mol. The quantitative estimate of drug-likeness (QED) is 0.149. The summed E-state index contributed by atoms with van der Waals surface area (Å²) < 4.78 is 5.64. The molecule has 0 saturated heterocycles. The largest absolute Gasteiger partial charge is 0.490 e. The average Bonchev–Trinajstić information content (AvgIpc) is 3.05. The molecular formula is C40H39NO3. The first-order chi connectivity index (χ1) is 21.2. The summed E-state index contributed by atoms with van der Waals surface area (Å²) >= 11 is 0. The second kappa shape index (κ2) is 13.6. The third-order valence-electron chi connectivity index (χ3n) is 7.86. The summed E-state index contributed by atoms with van der Waals surface area (Å²) in [6.07, 6.45) is 2.90. The zero-order valence-corrected chi connectivity index (χ0v) is 25.7. The molecule has 1 N–H and O–H groups in total. The highest BCUT2D eigenvalue weighted by Gasteiger charge is 2.28. The fourth-order valence-electron chi connectivity index (χ4n) is 5.06. The second-order valence-corrected chi connectivity index (χ2v) is 11.5. The van der Waals surface area contributed by atoms with Gasteiger partial charge in [-0.05, 0) is 110 Å². The van der Waals surface area contributed by atoms with Crippen LogP contribution in [0.1, 0.15) is 29.2 Å². The van der Waals surface area contributed by atoms with E-state index in [1.54, 1.807) is 0 Å². The Morgan fingerprint density at radius 2 is 1.07 bits per heavy atom. The van der Waals surface area contributed by atoms with Gasteiger partial charge in [0, 0.05) is 17.1 Å². The third kappa shape index (κ3) is 7.52. The Morgan fingerprint density at radius 3 is 1.55 bits per heavy atom. The van der Waals surface area contributed by atoms with E-state index in [4.69, 9.17) is 4.74 Å². The Balaban J connectivity index is 1.27. The van der Waals surface area contributed by atoms with Crippen molar-refractivity contribution in [2.45, 2.75) is 39.2 Å². The topological polar surface area (TPSA) is 49.8 Å². The maximum Gasteiger partial charge on any atom is 0.189 e. The van der Waals surface area contributed by atoms with Crippen LogP contribution in [0.15, 0.2) is 134 Å². The van der Waals surface area contributed by atoms with Gasteiger partial charge in [0.1, 0.15) is 12.4 Å². The van der Waals surface area contributed by atoms with Crippen LogP contribution >= 0.6 is 0 Å². The van der Waals surface area contributed by atoms with Crippen molar-refractivity contribution in [3.05, 3.63) is 156 Å². The highest BCUT2D eigenvalue weighted by Crippen LogP contribution is 2.36. The van der Waals surface area contributed by atoms with E-state index in [0.717, 1.165) is 36.0 Å². The molecule has 0 spiro atoms. The van der Waals surface area contributed by atoms with Crippen LogP contribution in [0.25, 0.3) is 11.1 Å². The molecule has 1 unspecified atom stereocenters. The molecule has 0 aliphatic carbocycles. The van der Waals surface area contributed by atoms with Crippen LogP contribution < -0.4 is 9.64 Å². The minimum atomic E-state index is -1.59. The van der Waals surface area contributed by atoms with Crippen molar-refractivity contribution in [1.82, 2.24) is 0 Å². The minimum absolute atomic E-state index is 0.125. The van der Waals surface area contributed by atoms with E-state index in [-0.39, 0.29) is 6.61 Å². The van der Waals surface area contributed by atoms with E-state index in [0.29, 0.717) is 5.75 Å². The highest BCUT2D eigenvalue weighted by atomic mass is 16.5.